The van der Waals surface area contributed by atoms with Crippen LogP contribution in [0, 0.1) is 10.1 Å². The number of nitrogens with one attached hydrogen (secondary N) is 1. The van der Waals surface area contributed by atoms with E-state index < -0.39 is 4.92 Å². The predicted octanol–water partition coefficient (Wildman–Crippen LogP) is 3.45. The normalized spacial score (nSPS) is 11.0. The Morgan fingerprint density at radius 3 is 2.87 bits per heavy atom. The van der Waals surface area contributed by atoms with Gasteiger partial charge in [0.2, 0.25) is 0 Å². The minimum Gasteiger partial charge on any atom is -0.396 e. The first-order chi connectivity index (χ1) is 11.2. The summed E-state index contributed by atoms with van der Waals surface area (Å²) in [5.41, 5.74) is 3.11. The van der Waals surface area contributed by atoms with Crippen molar-refractivity contribution in [3.8, 4) is 11.1 Å². The van der Waals surface area contributed by atoms with Crippen molar-refractivity contribution in [2.75, 3.05) is 6.61 Å². The third-order valence-electron chi connectivity index (χ3n) is 3.84. The van der Waals surface area contributed by atoms with Crippen molar-refractivity contribution >= 4 is 16.6 Å². The molecule has 23 heavy (non-hydrogen) atoms. The highest BCUT2D eigenvalue weighted by molar-refractivity contribution is 5.98. The number of hydrogen-bond acceptors (Lipinski definition) is 4. The van der Waals surface area contributed by atoms with Crippen LogP contribution in [-0.2, 0) is 6.42 Å². The van der Waals surface area contributed by atoms with Crippen LogP contribution in [0.15, 0.2) is 42.7 Å². The third-order valence-corrected chi connectivity index (χ3v) is 3.84. The van der Waals surface area contributed by atoms with E-state index in [-0.39, 0.29) is 12.3 Å². The quantitative estimate of drug-likeness (QED) is 0.414. The summed E-state index contributed by atoms with van der Waals surface area (Å²) < 4.78 is 0. The minimum absolute atomic E-state index is 0.00427. The van der Waals surface area contributed by atoms with Gasteiger partial charge in [0, 0.05) is 29.4 Å². The van der Waals surface area contributed by atoms with E-state index in [0.29, 0.717) is 5.56 Å². The molecule has 0 saturated heterocycles. The Labute approximate surface area is 133 Å². The molecule has 0 atom stereocenters. The number of nitro groups is 1. The molecule has 0 radical (unpaired) electrons. The van der Waals surface area contributed by atoms with Crippen molar-refractivity contribution in [3.05, 3.63) is 58.5 Å². The lowest BCUT2D eigenvalue weighted by molar-refractivity contribution is -0.384. The molecular weight excluding hydrogens is 294 g/mol. The van der Waals surface area contributed by atoms with Crippen LogP contribution in [-0.4, -0.2) is 26.6 Å². The topological polar surface area (TPSA) is 92.0 Å². The number of rotatable bonds is 6. The van der Waals surface area contributed by atoms with E-state index in [9.17, 15) is 10.1 Å². The monoisotopic (exact) mass is 311 g/mol. The van der Waals surface area contributed by atoms with Crippen LogP contribution in [0.1, 0.15) is 18.5 Å². The number of unbranched alkanes of at least 4 members (excludes halogenated alkanes) is 1. The fourth-order valence-electron chi connectivity index (χ4n) is 2.73. The predicted molar refractivity (Wildman–Crippen MR) is 88.2 cm³/mol. The van der Waals surface area contributed by atoms with Gasteiger partial charge in [-0.2, -0.15) is 0 Å². The summed E-state index contributed by atoms with van der Waals surface area (Å²) in [6, 6.07) is 9.35. The van der Waals surface area contributed by atoms with Crippen molar-refractivity contribution in [1.29, 1.82) is 0 Å². The number of para-hydroxylation sites is 1. The van der Waals surface area contributed by atoms with E-state index in [4.69, 9.17) is 5.11 Å². The molecule has 0 saturated carbocycles. The average Bonchev–Trinajstić information content (AvgIpc) is 3.02. The number of fused-ring (bicyclic) bond motifs is 1. The molecule has 6 nitrogen and oxygen atoms in total. The number of aliphatic hydroxyl groups excluding tert-OH is 1. The Kier molecular flexibility index (Phi) is 4.34. The van der Waals surface area contributed by atoms with Crippen molar-refractivity contribution in [2.45, 2.75) is 19.3 Å². The molecular formula is C17H17N3O3. The summed E-state index contributed by atoms with van der Waals surface area (Å²) in [5, 5.41) is 21.0. The maximum absolute atomic E-state index is 11.4. The molecule has 3 rings (SSSR count). The summed E-state index contributed by atoms with van der Waals surface area (Å²) in [5.74, 6) is 0. The first-order valence-corrected chi connectivity index (χ1v) is 7.51. The van der Waals surface area contributed by atoms with Crippen LogP contribution >= 0.6 is 0 Å². The molecule has 3 aromatic rings. The number of pyridine rings is 1. The number of aryl methyl sites for hydroxylation is 1. The molecule has 0 amide bonds. The standard InChI is InChI=1S/C17H17N3O3/c21-8-4-3-5-13-9-12(10-18-13)17-14-6-1-2-7-15(14)19-11-16(17)20(22)23/h1-2,6-7,9-11,18,21H,3-5,8H2. The van der Waals surface area contributed by atoms with Crippen molar-refractivity contribution < 1.29 is 10.0 Å². The van der Waals surface area contributed by atoms with Crippen LogP contribution in [0.5, 0.6) is 0 Å². The van der Waals surface area contributed by atoms with Crippen LogP contribution in [0.25, 0.3) is 22.0 Å². The minimum atomic E-state index is -0.396. The summed E-state index contributed by atoms with van der Waals surface area (Å²) in [7, 11) is 0. The van der Waals surface area contributed by atoms with Gasteiger partial charge in [-0.05, 0) is 31.4 Å². The lowest BCUT2D eigenvalue weighted by atomic mass is 10.0. The second kappa shape index (κ2) is 6.58. The number of aromatic nitrogens is 2. The Morgan fingerprint density at radius 2 is 2.09 bits per heavy atom. The summed E-state index contributed by atoms with van der Waals surface area (Å²) in [4.78, 5) is 18.3. The zero-order chi connectivity index (χ0) is 16.2. The van der Waals surface area contributed by atoms with E-state index in [1.165, 1.54) is 6.20 Å². The van der Waals surface area contributed by atoms with Crippen LogP contribution in [0.2, 0.25) is 0 Å². The number of aliphatic hydroxyl groups is 1. The number of nitrogens with zero attached hydrogens (tertiary/aromatic N) is 2. The van der Waals surface area contributed by atoms with E-state index in [1.54, 1.807) is 6.20 Å². The Hall–Kier alpha value is -2.73. The highest BCUT2D eigenvalue weighted by Crippen LogP contribution is 2.36. The highest BCUT2D eigenvalue weighted by atomic mass is 16.6. The molecule has 2 N–H and O–H groups in total. The Morgan fingerprint density at radius 1 is 1.26 bits per heavy atom. The van der Waals surface area contributed by atoms with Gasteiger partial charge in [-0.15, -0.1) is 0 Å². The molecule has 0 aliphatic heterocycles. The maximum Gasteiger partial charge on any atom is 0.296 e. The van der Waals surface area contributed by atoms with E-state index >= 15 is 0 Å². The Bertz CT molecular complexity index is 842. The van der Waals surface area contributed by atoms with Gasteiger partial charge < -0.3 is 10.1 Å². The fraction of sp³-hybridized carbons (Fsp3) is 0.235. The van der Waals surface area contributed by atoms with Gasteiger partial charge in [0.1, 0.15) is 6.20 Å². The third kappa shape index (κ3) is 3.07. The van der Waals surface area contributed by atoms with E-state index in [0.717, 1.165) is 41.4 Å². The van der Waals surface area contributed by atoms with Crippen LogP contribution in [0.3, 0.4) is 0 Å². The maximum atomic E-state index is 11.4. The van der Waals surface area contributed by atoms with Gasteiger partial charge in [0.25, 0.3) is 5.69 Å². The second-order valence-corrected chi connectivity index (χ2v) is 5.39. The van der Waals surface area contributed by atoms with Crippen molar-refractivity contribution in [2.24, 2.45) is 0 Å². The molecule has 6 heteroatoms. The summed E-state index contributed by atoms with van der Waals surface area (Å²) in [6.07, 6.45) is 5.53. The van der Waals surface area contributed by atoms with Crippen molar-refractivity contribution in [3.63, 3.8) is 0 Å². The molecule has 2 heterocycles. The van der Waals surface area contributed by atoms with Gasteiger partial charge >= 0.3 is 0 Å². The lowest BCUT2D eigenvalue weighted by Crippen LogP contribution is -1.94. The molecule has 0 bridgehead atoms. The molecule has 0 fully saturated rings. The van der Waals surface area contributed by atoms with Crippen molar-refractivity contribution in [1.82, 2.24) is 9.97 Å². The van der Waals surface area contributed by atoms with E-state index in [2.05, 4.69) is 9.97 Å². The first-order valence-electron chi connectivity index (χ1n) is 7.51. The smallest absolute Gasteiger partial charge is 0.296 e. The second-order valence-electron chi connectivity index (χ2n) is 5.39. The largest absolute Gasteiger partial charge is 0.396 e. The molecule has 118 valence electrons. The molecule has 0 unspecified atom stereocenters. The van der Waals surface area contributed by atoms with Gasteiger partial charge in [-0.1, -0.05) is 18.2 Å². The molecule has 2 aromatic heterocycles. The zero-order valence-electron chi connectivity index (χ0n) is 12.5. The SMILES string of the molecule is O=[N+]([O-])c1cnc2ccccc2c1-c1c[nH]c(CCCCO)c1. The number of benzene rings is 1. The highest BCUT2D eigenvalue weighted by Gasteiger charge is 2.20. The van der Waals surface area contributed by atoms with Gasteiger partial charge in [0.15, 0.2) is 0 Å². The number of H-pyrrole nitrogens is 1. The van der Waals surface area contributed by atoms with Gasteiger partial charge in [-0.3, -0.25) is 10.1 Å². The molecule has 0 spiro atoms. The average molecular weight is 311 g/mol. The molecule has 0 aliphatic carbocycles. The van der Waals surface area contributed by atoms with E-state index in [1.807, 2.05) is 30.3 Å². The number of aromatic amines is 1. The molecule has 0 aliphatic rings. The van der Waals surface area contributed by atoms with Gasteiger partial charge in [-0.25, -0.2) is 4.98 Å². The first kappa shape index (κ1) is 15.2. The summed E-state index contributed by atoms with van der Waals surface area (Å²) >= 11 is 0. The number of hydrogen-bond donors (Lipinski definition) is 2. The van der Waals surface area contributed by atoms with Gasteiger partial charge in [0.05, 0.1) is 16.0 Å². The van der Waals surface area contributed by atoms with Crippen LogP contribution < -0.4 is 0 Å². The zero-order valence-corrected chi connectivity index (χ0v) is 12.5. The summed E-state index contributed by atoms with van der Waals surface area (Å²) in [6.45, 7) is 0.175. The lowest BCUT2D eigenvalue weighted by Gasteiger charge is -2.05. The van der Waals surface area contributed by atoms with Crippen LogP contribution in [0.4, 0.5) is 5.69 Å². The Balaban J connectivity index is 2.07. The fourth-order valence-corrected chi connectivity index (χ4v) is 2.73. The molecule has 1 aromatic carbocycles.